The van der Waals surface area contributed by atoms with Gasteiger partial charge in [0.1, 0.15) is 6.04 Å². The van der Waals surface area contributed by atoms with Crippen molar-refractivity contribution in [2.24, 2.45) is 35.5 Å². The number of imide groups is 1. The summed E-state index contributed by atoms with van der Waals surface area (Å²) in [6.45, 7) is 2.73. The van der Waals surface area contributed by atoms with Gasteiger partial charge in [0.25, 0.3) is 5.91 Å². The second-order valence-electron chi connectivity index (χ2n) is 13.3. The number of hydrogen-bond donors (Lipinski definition) is 3. The highest BCUT2D eigenvalue weighted by Crippen LogP contribution is 2.69. The Kier molecular flexibility index (Phi) is 8.52. The standard InChI is InChI=1S/C34H32F3N3O8S2/c1-13(2)26(32(44)45)40-30(42)24-15-11-16(25(24)31(40)43)27-23(15)22(28-29(49-27)39-33(46)50-28)14-8-9-19(20(10-14)47-3)48-12-21(41)38-18-7-5-4-6-17(18)34(35,36)37/h4-10,13,15-16,22-27H,11-12H2,1-3H3,(H,38,41)(H,39,46)(H,44,45)/t15?,16?,22-,23?,24?,25?,26?,27?/m1/s1. The largest absolute Gasteiger partial charge is 0.493 e. The Morgan fingerprint density at radius 3 is 2.42 bits per heavy atom. The molecule has 8 atom stereocenters. The highest BCUT2D eigenvalue weighted by atomic mass is 32.2. The normalized spacial score (nSPS) is 27.2. The number of carbonyl (C=O) groups is 4. The van der Waals surface area contributed by atoms with Crippen LogP contribution in [0, 0.1) is 35.5 Å². The molecule has 2 bridgehead atoms. The number of nitrogens with one attached hydrogen (secondary N) is 2. The number of carboxylic acids is 1. The van der Waals surface area contributed by atoms with Gasteiger partial charge >= 0.3 is 17.0 Å². The maximum Gasteiger partial charge on any atom is 0.418 e. The maximum absolute atomic E-state index is 13.9. The van der Waals surface area contributed by atoms with Crippen LogP contribution in [0.25, 0.3) is 0 Å². The fourth-order valence-electron chi connectivity index (χ4n) is 8.55. The molecule has 0 spiro atoms. The van der Waals surface area contributed by atoms with E-state index in [4.69, 9.17) is 9.47 Å². The van der Waals surface area contributed by atoms with E-state index in [1.807, 2.05) is 0 Å². The number of aromatic amines is 1. The summed E-state index contributed by atoms with van der Waals surface area (Å²) in [4.78, 5) is 69.6. The van der Waals surface area contributed by atoms with Crippen LogP contribution in [-0.4, -0.2) is 63.7 Å². The Morgan fingerprint density at radius 1 is 1.06 bits per heavy atom. The van der Waals surface area contributed by atoms with E-state index in [9.17, 15) is 42.3 Å². The number of hydrogen-bond acceptors (Lipinski definition) is 9. The molecule has 7 unspecified atom stereocenters. The number of alkyl halides is 3. The highest BCUT2D eigenvalue weighted by molar-refractivity contribution is 8.00. The van der Waals surface area contributed by atoms with E-state index in [0.29, 0.717) is 11.4 Å². The summed E-state index contributed by atoms with van der Waals surface area (Å²) in [6.07, 6.45) is -4.05. The van der Waals surface area contributed by atoms with Crippen LogP contribution in [0.15, 0.2) is 52.3 Å². The number of nitrogens with zero attached hydrogens (tertiary/aromatic N) is 1. The summed E-state index contributed by atoms with van der Waals surface area (Å²) in [6, 6.07) is 8.41. The molecule has 11 nitrogen and oxygen atoms in total. The van der Waals surface area contributed by atoms with Crippen molar-refractivity contribution in [3.8, 4) is 11.5 Å². The van der Waals surface area contributed by atoms with E-state index >= 15 is 0 Å². The minimum atomic E-state index is -4.66. The summed E-state index contributed by atoms with van der Waals surface area (Å²) in [5.41, 5.74) is -0.647. The van der Waals surface area contributed by atoms with Crippen molar-refractivity contribution >= 4 is 52.5 Å². The quantitative estimate of drug-likeness (QED) is 0.256. The third-order valence-electron chi connectivity index (χ3n) is 10.3. The van der Waals surface area contributed by atoms with Crippen molar-refractivity contribution in [1.29, 1.82) is 0 Å². The van der Waals surface area contributed by atoms with Gasteiger partial charge in [-0.25, -0.2) is 4.79 Å². The Morgan fingerprint density at radius 2 is 1.76 bits per heavy atom. The monoisotopic (exact) mass is 731 g/mol. The zero-order valence-corrected chi connectivity index (χ0v) is 28.5. The second kappa shape index (κ2) is 12.5. The number of H-pyrrole nitrogens is 1. The molecule has 264 valence electrons. The average molecular weight is 732 g/mol. The first kappa shape index (κ1) is 34.2. The number of aliphatic carboxylic acids is 1. The number of para-hydroxylation sites is 1. The van der Waals surface area contributed by atoms with Gasteiger partial charge in [-0.05, 0) is 59.9 Å². The topological polar surface area (TPSA) is 155 Å². The van der Waals surface area contributed by atoms with Crippen LogP contribution in [0.1, 0.15) is 42.2 Å². The number of amides is 3. The molecule has 3 heterocycles. The number of fused-ring (bicyclic) bond motifs is 9. The summed E-state index contributed by atoms with van der Waals surface area (Å²) in [5.74, 6) is -5.30. The third-order valence-corrected chi connectivity index (χ3v) is 12.9. The number of carboxylic acid groups (broad SMARTS) is 1. The zero-order chi connectivity index (χ0) is 35.8. The average Bonchev–Trinajstić information content (AvgIpc) is 3.79. The van der Waals surface area contributed by atoms with Crippen molar-refractivity contribution in [3.05, 3.63) is 68.1 Å². The summed E-state index contributed by atoms with van der Waals surface area (Å²) >= 11 is 2.57. The van der Waals surface area contributed by atoms with Crippen LogP contribution in [0.4, 0.5) is 18.9 Å². The van der Waals surface area contributed by atoms with Gasteiger partial charge in [0, 0.05) is 16.0 Å². The minimum Gasteiger partial charge on any atom is -0.493 e. The molecule has 4 aliphatic rings. The molecule has 16 heteroatoms. The van der Waals surface area contributed by atoms with Crippen LogP contribution >= 0.6 is 23.1 Å². The van der Waals surface area contributed by atoms with E-state index in [1.54, 1.807) is 32.0 Å². The van der Waals surface area contributed by atoms with Crippen LogP contribution in [-0.2, 0) is 25.4 Å². The third kappa shape index (κ3) is 5.47. The lowest BCUT2D eigenvalue weighted by atomic mass is 9.68. The minimum absolute atomic E-state index is 0.131. The summed E-state index contributed by atoms with van der Waals surface area (Å²) < 4.78 is 51.5. The molecule has 2 aliphatic heterocycles. The Labute approximate surface area is 291 Å². The molecule has 2 aliphatic carbocycles. The number of ether oxygens (including phenoxy) is 2. The number of halogens is 3. The molecule has 7 rings (SSSR count). The van der Waals surface area contributed by atoms with Crippen molar-refractivity contribution in [3.63, 3.8) is 0 Å². The van der Waals surface area contributed by atoms with Gasteiger partial charge in [-0.2, -0.15) is 13.2 Å². The number of thiazole rings is 1. The molecule has 1 aromatic heterocycles. The Hall–Kier alpha value is -4.31. The molecule has 3 aromatic rings. The number of thioether (sulfide) groups is 1. The van der Waals surface area contributed by atoms with Gasteiger partial charge in [-0.15, -0.1) is 11.8 Å². The van der Waals surface area contributed by atoms with Crippen LogP contribution in [0.3, 0.4) is 0 Å². The van der Waals surface area contributed by atoms with Gasteiger partial charge in [0.15, 0.2) is 18.1 Å². The van der Waals surface area contributed by atoms with E-state index in [-0.39, 0.29) is 45.3 Å². The SMILES string of the molecule is COc1cc([C@H]2c3sc(=O)[nH]c3SC3C4CC(C5C(=O)N(C(C(=O)O)C(C)C)C(=O)C45)C32)ccc1OCC(=O)Nc1ccccc1C(F)(F)F. The lowest BCUT2D eigenvalue weighted by Gasteiger charge is -2.43. The number of carbonyl (C=O) groups excluding carboxylic acids is 3. The first-order valence-electron chi connectivity index (χ1n) is 16.0. The van der Waals surface area contributed by atoms with E-state index < -0.39 is 71.5 Å². The molecule has 2 aromatic carbocycles. The fraction of sp³-hybridized carbons (Fsp3) is 0.441. The maximum atomic E-state index is 13.9. The Bertz CT molecular complexity index is 1960. The van der Waals surface area contributed by atoms with Gasteiger partial charge in [-0.3, -0.25) is 24.1 Å². The molecule has 1 saturated heterocycles. The number of benzene rings is 2. The molecular formula is C34H32F3N3O8S2. The highest BCUT2D eigenvalue weighted by Gasteiger charge is 2.70. The van der Waals surface area contributed by atoms with Gasteiger partial charge in [0.2, 0.25) is 11.8 Å². The van der Waals surface area contributed by atoms with Crippen LogP contribution < -0.4 is 19.7 Å². The molecule has 2 saturated carbocycles. The van der Waals surface area contributed by atoms with Crippen molar-refractivity contribution in [1.82, 2.24) is 9.88 Å². The molecule has 3 N–H and O–H groups in total. The first-order valence-corrected chi connectivity index (χ1v) is 17.7. The number of rotatable bonds is 9. The lowest BCUT2D eigenvalue weighted by molar-refractivity contribution is -0.157. The smallest absolute Gasteiger partial charge is 0.418 e. The van der Waals surface area contributed by atoms with Gasteiger partial charge in [0.05, 0.1) is 35.2 Å². The lowest BCUT2D eigenvalue weighted by Crippen LogP contribution is -2.49. The Balaban J connectivity index is 1.17. The molecular weight excluding hydrogens is 700 g/mol. The van der Waals surface area contributed by atoms with E-state index in [1.165, 1.54) is 31.0 Å². The summed E-state index contributed by atoms with van der Waals surface area (Å²) in [7, 11) is 1.40. The van der Waals surface area contributed by atoms with Crippen molar-refractivity contribution in [2.45, 2.75) is 48.7 Å². The molecule has 0 radical (unpaired) electrons. The molecule has 3 amide bonds. The second-order valence-corrected chi connectivity index (χ2v) is 15.5. The molecule has 3 fully saturated rings. The number of anilines is 1. The van der Waals surface area contributed by atoms with Crippen LogP contribution in [0.5, 0.6) is 11.5 Å². The number of methoxy groups -OCH3 is 1. The predicted octanol–water partition coefficient (Wildman–Crippen LogP) is 5.06. The predicted molar refractivity (Wildman–Crippen MR) is 175 cm³/mol. The first-order chi connectivity index (χ1) is 23.7. The van der Waals surface area contributed by atoms with Gasteiger partial charge < -0.3 is 24.9 Å². The van der Waals surface area contributed by atoms with Crippen molar-refractivity contribution in [2.75, 3.05) is 19.0 Å². The zero-order valence-electron chi connectivity index (χ0n) is 26.9. The number of aromatic nitrogens is 1. The van der Waals surface area contributed by atoms with Gasteiger partial charge in [-0.1, -0.05) is 43.4 Å². The van der Waals surface area contributed by atoms with Crippen molar-refractivity contribution < 1.29 is 46.9 Å². The van der Waals surface area contributed by atoms with Crippen LogP contribution in [0.2, 0.25) is 0 Å². The van der Waals surface area contributed by atoms with E-state index in [0.717, 1.165) is 38.8 Å². The fourth-order valence-corrected chi connectivity index (χ4v) is 11.4. The summed E-state index contributed by atoms with van der Waals surface area (Å²) in [5, 5.41) is 12.7. The molecule has 50 heavy (non-hydrogen) atoms. The van der Waals surface area contributed by atoms with E-state index in [2.05, 4.69) is 10.3 Å². The number of likely N-dealkylation sites (tertiary alicyclic amines) is 1.